The average molecular weight is 88.1 g/mol. The third kappa shape index (κ3) is 3.62. The summed E-state index contributed by atoms with van der Waals surface area (Å²) in [5.41, 5.74) is 6.17. The van der Waals surface area contributed by atoms with Crippen molar-refractivity contribution in [3.8, 4) is 0 Å². The minimum Gasteiger partial charge on any atom is -0.349 e. The third-order valence-corrected chi connectivity index (χ3v) is 0.285. The second kappa shape index (κ2) is 1.38. The molecule has 35 valence electrons. The molecule has 0 aliphatic rings. The zero-order chi connectivity index (χ0) is 5.21. The van der Waals surface area contributed by atoms with Crippen molar-refractivity contribution in [3.63, 3.8) is 0 Å². The molecule has 0 rings (SSSR count). The van der Waals surface area contributed by atoms with Crippen LogP contribution in [0.4, 0.5) is 0 Å². The lowest BCUT2D eigenvalue weighted by atomic mass is 10.5. The van der Waals surface area contributed by atoms with E-state index in [0.717, 1.165) is 0 Å². The third-order valence-electron chi connectivity index (χ3n) is 0.285. The van der Waals surface area contributed by atoms with Gasteiger partial charge in [-0.1, -0.05) is 6.58 Å². The Labute approximate surface area is 35.7 Å². The number of hydrogen-bond donors (Lipinski definition) is 2. The van der Waals surface area contributed by atoms with Gasteiger partial charge in [0.25, 0.3) is 5.91 Å². The minimum atomic E-state index is -2.44. The van der Waals surface area contributed by atoms with Crippen molar-refractivity contribution >= 4 is 0 Å². The van der Waals surface area contributed by atoms with Crippen LogP contribution in [-0.2, 0) is 0 Å². The maximum Gasteiger partial charge on any atom is 0.256 e. The molecule has 0 aromatic rings. The monoisotopic (exact) mass is 88.0 g/mol. The fourth-order valence-electron chi connectivity index (χ4n) is 0. The molecule has 0 fully saturated rings. The Kier molecular flexibility index (Phi) is 1.29. The molecular formula is C3H6NO2. The summed E-state index contributed by atoms with van der Waals surface area (Å²) in [4.78, 5) is 0. The number of nitrogens with one attached hydrogen (secondary N) is 1. The van der Waals surface area contributed by atoms with E-state index in [9.17, 15) is 0 Å². The van der Waals surface area contributed by atoms with Crippen LogP contribution in [0.2, 0.25) is 0 Å². The predicted octanol–water partition coefficient (Wildman–Crippen LogP) is -0.906. The normalized spacial score (nSPS) is 11.2. The molecule has 0 aliphatic heterocycles. The van der Waals surface area contributed by atoms with E-state index in [1.54, 1.807) is 0 Å². The summed E-state index contributed by atoms with van der Waals surface area (Å²) in [6.07, 6.45) is 0.715. The zero-order valence-corrected chi connectivity index (χ0v) is 3.18. The summed E-state index contributed by atoms with van der Waals surface area (Å²) in [5, 5.41) is 15.9. The molecule has 0 amide bonds. The summed E-state index contributed by atoms with van der Waals surface area (Å²) in [7, 11) is 0. The van der Waals surface area contributed by atoms with Gasteiger partial charge in [0.2, 0.25) is 0 Å². The highest BCUT2D eigenvalue weighted by Gasteiger charge is 2.07. The fraction of sp³-hybridized carbons (Fsp3) is 0.333. The van der Waals surface area contributed by atoms with Gasteiger partial charge < -0.3 is 10.2 Å². The van der Waals surface area contributed by atoms with Gasteiger partial charge in [-0.15, -0.1) is 0 Å². The molecule has 0 saturated heterocycles. The van der Waals surface area contributed by atoms with Crippen molar-refractivity contribution in [1.29, 1.82) is 0 Å². The van der Waals surface area contributed by atoms with E-state index in [1.807, 2.05) is 0 Å². The van der Waals surface area contributed by atoms with Gasteiger partial charge in [0.1, 0.15) is 0 Å². The van der Waals surface area contributed by atoms with Crippen LogP contribution in [-0.4, -0.2) is 16.1 Å². The smallest absolute Gasteiger partial charge is 0.256 e. The SMILES string of the molecule is C=CC([NH])(O)O. The van der Waals surface area contributed by atoms with E-state index in [1.165, 1.54) is 0 Å². The molecule has 6 heavy (non-hydrogen) atoms. The van der Waals surface area contributed by atoms with Gasteiger partial charge in [-0.3, -0.25) is 0 Å². The highest BCUT2D eigenvalue weighted by molar-refractivity contribution is 4.78. The standard InChI is InChI=1S/C3H6NO2/c1-2-3(4,5)6/h2,4-6H,1H2. The fourth-order valence-corrected chi connectivity index (χ4v) is 0. The maximum absolute atomic E-state index is 7.93. The molecule has 0 bridgehead atoms. The Balaban J connectivity index is 3.45. The first-order chi connectivity index (χ1) is 2.56. The van der Waals surface area contributed by atoms with E-state index in [2.05, 4.69) is 6.58 Å². The molecule has 0 aromatic carbocycles. The number of rotatable bonds is 1. The van der Waals surface area contributed by atoms with E-state index in [-0.39, 0.29) is 0 Å². The van der Waals surface area contributed by atoms with Crippen molar-refractivity contribution < 1.29 is 10.2 Å². The molecule has 0 saturated carbocycles. The first kappa shape index (κ1) is 5.62. The Morgan fingerprint density at radius 1 is 1.67 bits per heavy atom. The number of hydrogen-bond acceptors (Lipinski definition) is 2. The molecule has 0 spiro atoms. The first-order valence-corrected chi connectivity index (χ1v) is 1.39. The van der Waals surface area contributed by atoms with Crippen molar-refractivity contribution in [2.75, 3.05) is 0 Å². The van der Waals surface area contributed by atoms with Gasteiger partial charge in [0.05, 0.1) is 0 Å². The lowest BCUT2D eigenvalue weighted by Crippen LogP contribution is -2.25. The van der Waals surface area contributed by atoms with Crippen LogP contribution in [0, 0.1) is 0 Å². The summed E-state index contributed by atoms with van der Waals surface area (Å²) in [5.74, 6) is -2.44. The van der Waals surface area contributed by atoms with Crippen molar-refractivity contribution in [3.05, 3.63) is 12.7 Å². The van der Waals surface area contributed by atoms with Gasteiger partial charge in [-0.25, -0.2) is 0 Å². The van der Waals surface area contributed by atoms with Crippen LogP contribution in [0.5, 0.6) is 0 Å². The molecule has 3 nitrogen and oxygen atoms in total. The Morgan fingerprint density at radius 3 is 1.83 bits per heavy atom. The second-order valence-electron chi connectivity index (χ2n) is 0.930. The Hall–Kier alpha value is -0.380. The summed E-state index contributed by atoms with van der Waals surface area (Å²) in [6.45, 7) is 2.94. The maximum atomic E-state index is 7.93. The molecule has 0 aliphatic carbocycles. The second-order valence-corrected chi connectivity index (χ2v) is 0.930. The summed E-state index contributed by atoms with van der Waals surface area (Å²) in [6, 6.07) is 0. The van der Waals surface area contributed by atoms with E-state index >= 15 is 0 Å². The molecular weight excluding hydrogens is 82.0 g/mol. The summed E-state index contributed by atoms with van der Waals surface area (Å²) >= 11 is 0. The van der Waals surface area contributed by atoms with Gasteiger partial charge >= 0.3 is 0 Å². The molecule has 1 radical (unpaired) electrons. The molecule has 0 aromatic heterocycles. The Morgan fingerprint density at radius 2 is 1.83 bits per heavy atom. The largest absolute Gasteiger partial charge is 0.349 e. The predicted molar refractivity (Wildman–Crippen MR) is 20.5 cm³/mol. The van der Waals surface area contributed by atoms with Gasteiger partial charge in [-0.2, -0.15) is 5.73 Å². The number of aliphatic hydroxyl groups is 2. The molecule has 3 N–H and O–H groups in total. The first-order valence-electron chi connectivity index (χ1n) is 1.39. The van der Waals surface area contributed by atoms with E-state index in [4.69, 9.17) is 15.9 Å². The summed E-state index contributed by atoms with van der Waals surface area (Å²) < 4.78 is 0. The van der Waals surface area contributed by atoms with Crippen LogP contribution >= 0.6 is 0 Å². The van der Waals surface area contributed by atoms with Crippen LogP contribution < -0.4 is 5.73 Å². The van der Waals surface area contributed by atoms with Crippen molar-refractivity contribution in [1.82, 2.24) is 5.73 Å². The lowest BCUT2D eigenvalue weighted by Gasteiger charge is -2.04. The highest BCUT2D eigenvalue weighted by Crippen LogP contribution is 1.86. The zero-order valence-electron chi connectivity index (χ0n) is 3.18. The topological polar surface area (TPSA) is 64.3 Å². The van der Waals surface area contributed by atoms with Crippen LogP contribution in [0.15, 0.2) is 12.7 Å². The van der Waals surface area contributed by atoms with Crippen LogP contribution in [0.3, 0.4) is 0 Å². The lowest BCUT2D eigenvalue weighted by molar-refractivity contribution is -0.118. The molecule has 0 atom stereocenters. The van der Waals surface area contributed by atoms with Gasteiger partial charge in [-0.05, 0) is 6.08 Å². The molecule has 0 unspecified atom stereocenters. The van der Waals surface area contributed by atoms with E-state index in [0.29, 0.717) is 6.08 Å². The van der Waals surface area contributed by atoms with Gasteiger partial charge in [0, 0.05) is 0 Å². The molecule has 3 heteroatoms. The van der Waals surface area contributed by atoms with Crippen LogP contribution in [0.1, 0.15) is 0 Å². The van der Waals surface area contributed by atoms with E-state index < -0.39 is 5.91 Å². The quantitative estimate of drug-likeness (QED) is 0.322. The van der Waals surface area contributed by atoms with Crippen molar-refractivity contribution in [2.24, 2.45) is 0 Å². The Bertz CT molecular complexity index is 54.3. The van der Waals surface area contributed by atoms with Crippen LogP contribution in [0.25, 0.3) is 0 Å². The minimum absolute atomic E-state index is 0.715. The highest BCUT2D eigenvalue weighted by atomic mass is 16.5. The van der Waals surface area contributed by atoms with Gasteiger partial charge in [0.15, 0.2) is 0 Å². The average Bonchev–Trinajstić information content (AvgIpc) is 1.35. The van der Waals surface area contributed by atoms with Crippen molar-refractivity contribution in [2.45, 2.75) is 5.91 Å². The molecule has 0 heterocycles.